The molecule has 3 unspecified atom stereocenters. The van der Waals surface area contributed by atoms with Crippen molar-refractivity contribution in [3.05, 3.63) is 0 Å². The summed E-state index contributed by atoms with van der Waals surface area (Å²) in [4.78, 5) is 0. The van der Waals surface area contributed by atoms with Crippen LogP contribution in [0.4, 0.5) is 0 Å². The molecule has 0 aromatic rings. The summed E-state index contributed by atoms with van der Waals surface area (Å²) in [5.74, 6) is 2.65. The molecule has 3 aliphatic rings. The molecule has 2 saturated carbocycles. The average molecular weight is 243 g/mol. The van der Waals surface area contributed by atoms with Gasteiger partial charge in [0.05, 0.1) is 11.5 Å². The van der Waals surface area contributed by atoms with Gasteiger partial charge in [-0.1, -0.05) is 6.42 Å². The lowest BCUT2D eigenvalue weighted by Gasteiger charge is -2.30. The Morgan fingerprint density at radius 1 is 0.938 bits per heavy atom. The van der Waals surface area contributed by atoms with Crippen LogP contribution in [-0.4, -0.2) is 32.0 Å². The fourth-order valence-corrected chi connectivity index (χ4v) is 5.30. The van der Waals surface area contributed by atoms with Crippen molar-refractivity contribution < 1.29 is 8.42 Å². The normalized spacial score (nSPS) is 42.6. The predicted octanol–water partition coefficient (Wildman–Crippen LogP) is 1.34. The van der Waals surface area contributed by atoms with Crippen molar-refractivity contribution >= 4 is 9.84 Å². The van der Waals surface area contributed by atoms with E-state index in [1.165, 1.54) is 25.7 Å². The molecule has 92 valence electrons. The van der Waals surface area contributed by atoms with Crippen molar-refractivity contribution in [3.8, 4) is 0 Å². The van der Waals surface area contributed by atoms with Gasteiger partial charge in [-0.15, -0.1) is 0 Å². The predicted molar refractivity (Wildman–Crippen MR) is 64.0 cm³/mol. The van der Waals surface area contributed by atoms with Gasteiger partial charge in [-0.25, -0.2) is 8.42 Å². The first kappa shape index (κ1) is 11.0. The number of nitrogens with one attached hydrogen (secondary N) is 1. The Labute approximate surface area is 97.9 Å². The van der Waals surface area contributed by atoms with E-state index in [4.69, 9.17) is 0 Å². The smallest absolute Gasteiger partial charge is 0.150 e. The molecule has 2 bridgehead atoms. The summed E-state index contributed by atoms with van der Waals surface area (Å²) in [6, 6.07) is 1.16. The van der Waals surface area contributed by atoms with Gasteiger partial charge in [-0.2, -0.15) is 0 Å². The Hall–Kier alpha value is -0.0900. The molecule has 3 atom stereocenters. The highest BCUT2D eigenvalue weighted by Crippen LogP contribution is 2.44. The van der Waals surface area contributed by atoms with Crippen LogP contribution < -0.4 is 5.32 Å². The molecule has 2 aliphatic carbocycles. The minimum Gasteiger partial charge on any atom is -0.311 e. The van der Waals surface area contributed by atoms with E-state index in [2.05, 4.69) is 5.32 Å². The molecule has 0 radical (unpaired) electrons. The van der Waals surface area contributed by atoms with Crippen molar-refractivity contribution in [2.75, 3.05) is 11.5 Å². The molecule has 1 N–H and O–H groups in total. The topological polar surface area (TPSA) is 46.2 Å². The summed E-state index contributed by atoms with van der Waals surface area (Å²) in [6.07, 6.45) is 7.25. The highest BCUT2D eigenvalue weighted by molar-refractivity contribution is 7.91. The van der Waals surface area contributed by atoms with Crippen molar-refractivity contribution in [1.82, 2.24) is 5.32 Å². The third-order valence-corrected chi connectivity index (χ3v) is 6.46. The van der Waals surface area contributed by atoms with Gasteiger partial charge in [0, 0.05) is 12.1 Å². The molecule has 4 heteroatoms. The monoisotopic (exact) mass is 243 g/mol. The van der Waals surface area contributed by atoms with Gasteiger partial charge in [-0.3, -0.25) is 0 Å². The van der Waals surface area contributed by atoms with E-state index in [0.717, 1.165) is 24.7 Å². The fraction of sp³-hybridized carbons (Fsp3) is 1.00. The van der Waals surface area contributed by atoms with E-state index in [0.29, 0.717) is 23.6 Å². The van der Waals surface area contributed by atoms with Crippen molar-refractivity contribution in [2.45, 2.75) is 50.6 Å². The number of rotatable bonds is 2. The van der Waals surface area contributed by atoms with Crippen LogP contribution in [0.25, 0.3) is 0 Å². The third kappa shape index (κ3) is 2.14. The van der Waals surface area contributed by atoms with Crippen molar-refractivity contribution in [2.24, 2.45) is 11.8 Å². The van der Waals surface area contributed by atoms with Crippen LogP contribution >= 0.6 is 0 Å². The Bertz CT molecular complexity index is 351. The highest BCUT2D eigenvalue weighted by atomic mass is 32.2. The maximum absolute atomic E-state index is 11.3. The summed E-state index contributed by atoms with van der Waals surface area (Å²) < 4.78 is 22.7. The molecule has 3 nitrogen and oxygen atoms in total. The minimum atomic E-state index is -2.70. The van der Waals surface area contributed by atoms with E-state index < -0.39 is 9.84 Å². The zero-order valence-electron chi connectivity index (χ0n) is 9.69. The first-order valence-electron chi connectivity index (χ1n) is 6.59. The van der Waals surface area contributed by atoms with Crippen LogP contribution in [0.5, 0.6) is 0 Å². The van der Waals surface area contributed by atoms with Gasteiger partial charge >= 0.3 is 0 Å². The number of hydrogen-bond acceptors (Lipinski definition) is 3. The highest BCUT2D eigenvalue weighted by Gasteiger charge is 2.40. The SMILES string of the molecule is O=S1(=O)CCC(NC2CC3CCC2C3)CC1. The largest absolute Gasteiger partial charge is 0.311 e. The van der Waals surface area contributed by atoms with Gasteiger partial charge in [0.2, 0.25) is 0 Å². The Kier molecular flexibility index (Phi) is 2.75. The molecule has 0 amide bonds. The summed E-state index contributed by atoms with van der Waals surface area (Å²) in [5.41, 5.74) is 0. The van der Waals surface area contributed by atoms with Crippen molar-refractivity contribution in [1.29, 1.82) is 0 Å². The van der Waals surface area contributed by atoms with Gasteiger partial charge in [0.1, 0.15) is 9.84 Å². The molecular weight excluding hydrogens is 222 g/mol. The maximum Gasteiger partial charge on any atom is 0.150 e. The summed E-state index contributed by atoms with van der Waals surface area (Å²) in [6.45, 7) is 0. The van der Waals surface area contributed by atoms with E-state index in [9.17, 15) is 8.42 Å². The summed E-state index contributed by atoms with van der Waals surface area (Å²) >= 11 is 0. The minimum absolute atomic E-state index is 0.394. The Morgan fingerprint density at radius 2 is 1.69 bits per heavy atom. The Balaban J connectivity index is 1.53. The first-order chi connectivity index (χ1) is 7.62. The van der Waals surface area contributed by atoms with E-state index >= 15 is 0 Å². The molecule has 0 aromatic heterocycles. The van der Waals surface area contributed by atoms with Crippen LogP contribution in [0.1, 0.15) is 38.5 Å². The van der Waals surface area contributed by atoms with E-state index in [1.807, 2.05) is 0 Å². The fourth-order valence-electron chi connectivity index (χ4n) is 3.81. The lowest BCUT2D eigenvalue weighted by Crippen LogP contribution is -2.45. The molecule has 3 rings (SSSR count). The molecule has 0 spiro atoms. The summed E-state index contributed by atoms with van der Waals surface area (Å²) in [7, 11) is -2.70. The third-order valence-electron chi connectivity index (χ3n) is 4.74. The Morgan fingerprint density at radius 3 is 2.25 bits per heavy atom. The first-order valence-corrected chi connectivity index (χ1v) is 8.41. The lowest BCUT2D eigenvalue weighted by molar-refractivity contribution is 0.306. The number of fused-ring (bicyclic) bond motifs is 2. The van der Waals surface area contributed by atoms with Crippen LogP contribution in [0.15, 0.2) is 0 Å². The van der Waals surface area contributed by atoms with Crippen LogP contribution in [0.2, 0.25) is 0 Å². The second-order valence-electron chi connectivity index (χ2n) is 5.87. The molecule has 1 heterocycles. The average Bonchev–Trinajstić information content (AvgIpc) is 2.83. The van der Waals surface area contributed by atoms with Crippen LogP contribution in [0.3, 0.4) is 0 Å². The second-order valence-corrected chi connectivity index (χ2v) is 8.18. The quantitative estimate of drug-likeness (QED) is 0.796. The maximum atomic E-state index is 11.3. The standard InChI is InChI=1S/C12H21NO2S/c14-16(15)5-3-11(4-6-16)13-12-8-9-1-2-10(12)7-9/h9-13H,1-8H2. The zero-order chi connectivity index (χ0) is 11.2. The number of sulfone groups is 1. The van der Waals surface area contributed by atoms with Gasteiger partial charge in [-0.05, 0) is 43.9 Å². The van der Waals surface area contributed by atoms with Crippen molar-refractivity contribution in [3.63, 3.8) is 0 Å². The molecule has 16 heavy (non-hydrogen) atoms. The van der Waals surface area contributed by atoms with E-state index in [-0.39, 0.29) is 0 Å². The molecule has 0 aromatic carbocycles. The van der Waals surface area contributed by atoms with E-state index in [1.54, 1.807) is 0 Å². The molecule has 1 saturated heterocycles. The molecule has 3 fully saturated rings. The lowest BCUT2D eigenvalue weighted by atomic mass is 9.94. The molecular formula is C12H21NO2S. The van der Waals surface area contributed by atoms with Gasteiger partial charge in [0.15, 0.2) is 0 Å². The number of hydrogen-bond donors (Lipinski definition) is 1. The van der Waals surface area contributed by atoms with Gasteiger partial charge in [0.25, 0.3) is 0 Å². The second kappa shape index (κ2) is 3.98. The van der Waals surface area contributed by atoms with Crippen LogP contribution in [-0.2, 0) is 9.84 Å². The van der Waals surface area contributed by atoms with Crippen LogP contribution in [0, 0.1) is 11.8 Å². The summed E-state index contributed by atoms with van der Waals surface area (Å²) in [5, 5.41) is 3.72. The molecule has 1 aliphatic heterocycles. The zero-order valence-corrected chi connectivity index (χ0v) is 10.5. The van der Waals surface area contributed by atoms with Gasteiger partial charge < -0.3 is 5.32 Å².